The van der Waals surface area contributed by atoms with Crippen molar-refractivity contribution in [3.63, 3.8) is 0 Å². The number of likely N-dealkylation sites (tertiary alicyclic amines) is 1. The highest BCUT2D eigenvalue weighted by Gasteiger charge is 2.42. The molecule has 4 amide bonds. The van der Waals surface area contributed by atoms with Gasteiger partial charge in [0.15, 0.2) is 0 Å². The summed E-state index contributed by atoms with van der Waals surface area (Å²) in [5.74, 6) is -2.02. The van der Waals surface area contributed by atoms with Gasteiger partial charge < -0.3 is 59.6 Å². The van der Waals surface area contributed by atoms with E-state index >= 15 is 0 Å². The predicted molar refractivity (Wildman–Crippen MR) is 277 cm³/mol. The summed E-state index contributed by atoms with van der Waals surface area (Å²) < 4.78 is 102. The van der Waals surface area contributed by atoms with Gasteiger partial charge in [-0.15, -0.1) is 11.8 Å². The number of sulfonamides is 1. The number of carbonyl (C=O) groups excluding carboxylic acids is 4. The Hall–Kier alpha value is -5.26. The van der Waals surface area contributed by atoms with Crippen LogP contribution in [0, 0.1) is 26.2 Å². The fourth-order valence-corrected chi connectivity index (χ4v) is 11.6. The number of amidine groups is 1. The number of hydrogen-bond acceptors (Lipinski definition) is 18. The summed E-state index contributed by atoms with van der Waals surface area (Å²) in [6.45, 7) is 5.81. The minimum Gasteiger partial charge on any atom is -0.726 e. The van der Waals surface area contributed by atoms with Crippen molar-refractivity contribution in [1.82, 2.24) is 20.3 Å². The minimum atomic E-state index is -4.97. The van der Waals surface area contributed by atoms with Crippen molar-refractivity contribution in [3.8, 4) is 5.75 Å². The third-order valence-corrected chi connectivity index (χ3v) is 15.8. The van der Waals surface area contributed by atoms with Gasteiger partial charge >= 0.3 is 0 Å². The Bertz CT molecular complexity index is 2660. The molecule has 3 unspecified atom stereocenters. The summed E-state index contributed by atoms with van der Waals surface area (Å²) in [6.07, 6.45) is -0.357. The molecule has 0 aromatic heterocycles. The molecule has 2 aliphatic heterocycles. The number of nitrogens with two attached hydrogens (primary N) is 1. The number of methoxy groups -OCH3 is 3. The van der Waals surface area contributed by atoms with E-state index < -0.39 is 81.3 Å². The number of aryl methyl sites for hydroxylation is 1. The van der Waals surface area contributed by atoms with Crippen LogP contribution in [-0.2, 0) is 69.1 Å². The van der Waals surface area contributed by atoms with Crippen molar-refractivity contribution in [2.24, 2.45) is 5.73 Å². The lowest BCUT2D eigenvalue weighted by Gasteiger charge is -2.41. The van der Waals surface area contributed by atoms with Crippen LogP contribution in [0.2, 0.25) is 0 Å². The van der Waals surface area contributed by atoms with Crippen LogP contribution in [-0.4, -0.2) is 178 Å². The molecule has 0 radical (unpaired) electrons. The molecule has 0 saturated carbocycles. The van der Waals surface area contributed by atoms with Gasteiger partial charge in [-0.3, -0.25) is 28.8 Å². The Labute approximate surface area is 442 Å². The van der Waals surface area contributed by atoms with E-state index in [0.717, 1.165) is 31.0 Å². The number of carbonyl (C=O) groups is 4. The summed E-state index contributed by atoms with van der Waals surface area (Å²) in [4.78, 5) is 56.2. The third-order valence-electron chi connectivity index (χ3n) is 12.6. The largest absolute Gasteiger partial charge is 0.726 e. The molecule has 3 aromatic carbocycles. The first-order valence-electron chi connectivity index (χ1n) is 24.1. The zero-order valence-electron chi connectivity index (χ0n) is 42.8. The van der Waals surface area contributed by atoms with Gasteiger partial charge in [0.2, 0.25) is 38.1 Å². The second-order valence-corrected chi connectivity index (χ2v) is 21.5. The van der Waals surface area contributed by atoms with Gasteiger partial charge in [0, 0.05) is 62.8 Å². The van der Waals surface area contributed by atoms with E-state index in [-0.39, 0.29) is 67.5 Å². The van der Waals surface area contributed by atoms with Gasteiger partial charge in [0.1, 0.15) is 48.1 Å². The van der Waals surface area contributed by atoms with E-state index in [2.05, 4.69) is 24.9 Å². The maximum Gasteiger partial charge on any atom is 0.251 e. The molecular formula is C49H68N7O16S3-. The smallest absolute Gasteiger partial charge is 0.251 e. The summed E-state index contributed by atoms with van der Waals surface area (Å²) in [6, 6.07) is 11.9. The molecule has 2 saturated heterocycles. The number of amides is 4. The zero-order chi connectivity index (χ0) is 54.9. The van der Waals surface area contributed by atoms with Crippen molar-refractivity contribution in [1.29, 1.82) is 5.41 Å². The first kappa shape index (κ1) is 60.6. The number of nitrogens with one attached hydrogen (secondary N) is 5. The van der Waals surface area contributed by atoms with Crippen LogP contribution < -0.4 is 31.1 Å². The molecule has 7 N–H and O–H groups in total. The Morgan fingerprint density at radius 1 is 0.880 bits per heavy atom. The Balaban J connectivity index is 1.17. The minimum absolute atomic E-state index is 0.0196. The molecule has 6 atom stereocenters. The van der Waals surface area contributed by atoms with Crippen LogP contribution in [0.5, 0.6) is 5.75 Å². The van der Waals surface area contributed by atoms with Crippen LogP contribution in [0.15, 0.2) is 59.5 Å². The molecule has 414 valence electrons. The molecule has 23 nitrogen and oxygen atoms in total. The average molecular weight is 1110 g/mol. The van der Waals surface area contributed by atoms with Gasteiger partial charge in [-0.2, -0.15) is 4.72 Å². The number of piperidine rings is 1. The van der Waals surface area contributed by atoms with Crippen LogP contribution in [0.3, 0.4) is 0 Å². The van der Waals surface area contributed by atoms with Crippen molar-refractivity contribution in [3.05, 3.63) is 88.0 Å². The van der Waals surface area contributed by atoms with Crippen molar-refractivity contribution >= 4 is 67.3 Å². The van der Waals surface area contributed by atoms with E-state index in [0.29, 0.717) is 57.9 Å². The lowest BCUT2D eigenvalue weighted by atomic mass is 10.00. The molecule has 2 heterocycles. The number of nitrogen functional groups attached to an aromatic ring is 1. The van der Waals surface area contributed by atoms with Crippen LogP contribution >= 0.6 is 11.8 Å². The SMILES string of the molecule is COc1cc(C)c(S(=O)(=O)N[C@@H](CSCC(=O)Nc2ccc(C(=O)NCCOCCO[C@@H]3C(COS(=O)(=O)[O-])OCC(OC)[C@@H]3OC)cc2)C(=O)NC(Cc2ccc(C(=N)N)cc2)C(=O)N2CCCCC2)c(C)c1C. The van der Waals surface area contributed by atoms with Gasteiger partial charge in [0.25, 0.3) is 5.91 Å². The highest BCUT2D eigenvalue weighted by molar-refractivity contribution is 8.00. The number of rotatable bonds is 28. The quantitative estimate of drug-likeness (QED) is 0.0198. The van der Waals surface area contributed by atoms with Crippen LogP contribution in [0.4, 0.5) is 5.69 Å². The molecule has 75 heavy (non-hydrogen) atoms. The van der Waals surface area contributed by atoms with Crippen LogP contribution in [0.25, 0.3) is 0 Å². The van der Waals surface area contributed by atoms with Gasteiger partial charge in [-0.05, 0) is 92.6 Å². The molecule has 0 bridgehead atoms. The topological polar surface area (TPSA) is 325 Å². The Kier molecular flexibility index (Phi) is 23.2. The second-order valence-electron chi connectivity index (χ2n) is 17.8. The molecule has 0 spiro atoms. The number of anilines is 1. The number of nitrogens with zero attached hydrogens (tertiary/aromatic N) is 1. The summed E-state index contributed by atoms with van der Waals surface area (Å²) in [5.41, 5.74) is 8.88. The maximum atomic E-state index is 14.4. The maximum absolute atomic E-state index is 14.4. The van der Waals surface area contributed by atoms with Gasteiger partial charge in [-0.25, -0.2) is 16.8 Å². The van der Waals surface area contributed by atoms with E-state index in [1.165, 1.54) is 45.6 Å². The van der Waals surface area contributed by atoms with Gasteiger partial charge in [0.05, 0.1) is 50.8 Å². The molecule has 0 aliphatic carbocycles. The summed E-state index contributed by atoms with van der Waals surface area (Å²) >= 11 is 0.996. The normalized spacial score (nSPS) is 18.9. The van der Waals surface area contributed by atoms with Gasteiger partial charge in [-0.1, -0.05) is 24.3 Å². The standard InChI is InChI=1S/C49H69N7O16S3/c1-30-24-39(66-4)31(2)32(3)45(30)74(61,62)55-38(48(59)54-37(49(60)56-19-8-7-9-20-56)25-33-10-12-34(13-11-33)46(50)51)28-73-29-42(57)53-36-16-14-35(15-17-36)47(58)52-18-21-69-22-23-70-44-41(27-72-75(63,64)65)71-26-40(67-5)43(44)68-6/h10-17,24,37-38,40-41,43-44,55H,7-9,18-23,25-29H2,1-6H3,(H3,50,51)(H,52,58)(H,53,57)(H,54,59)(H,63,64,65)/p-1/t37?,38-,40?,41?,43-,44+/m0/s1. The molecule has 3 aromatic rings. The number of ether oxygens (including phenoxy) is 6. The molecule has 2 aliphatic rings. The fourth-order valence-electron chi connectivity index (χ4n) is 8.59. The lowest BCUT2D eigenvalue weighted by Crippen LogP contribution is -2.57. The monoisotopic (exact) mass is 1110 g/mol. The zero-order valence-corrected chi connectivity index (χ0v) is 45.3. The predicted octanol–water partition coefficient (Wildman–Crippen LogP) is 1.70. The molecular weight excluding hydrogens is 1040 g/mol. The lowest BCUT2D eigenvalue weighted by molar-refractivity contribution is -0.225. The van der Waals surface area contributed by atoms with E-state index in [9.17, 15) is 40.6 Å². The summed E-state index contributed by atoms with van der Waals surface area (Å²) in [5, 5.41) is 16.1. The van der Waals surface area contributed by atoms with E-state index in [1.807, 2.05) is 0 Å². The highest BCUT2D eigenvalue weighted by atomic mass is 32.3. The Morgan fingerprint density at radius 2 is 1.56 bits per heavy atom. The van der Waals surface area contributed by atoms with Crippen LogP contribution in [0.1, 0.15) is 57.4 Å². The average Bonchev–Trinajstić information content (AvgIpc) is 3.38. The highest BCUT2D eigenvalue weighted by Crippen LogP contribution is 2.31. The summed E-state index contributed by atoms with van der Waals surface area (Å²) in [7, 11) is -5.00. The molecule has 5 rings (SSSR count). The third kappa shape index (κ3) is 17.9. The first-order valence-corrected chi connectivity index (χ1v) is 28.1. The number of thioether (sulfide) groups is 1. The van der Waals surface area contributed by atoms with E-state index in [4.69, 9.17) is 39.6 Å². The van der Waals surface area contributed by atoms with E-state index in [1.54, 1.807) is 56.0 Å². The fraction of sp³-hybridized carbons (Fsp3) is 0.531. The Morgan fingerprint density at radius 3 is 2.19 bits per heavy atom. The number of benzene rings is 3. The second kappa shape index (κ2) is 28.8. The first-order chi connectivity index (χ1) is 35.7. The van der Waals surface area contributed by atoms with Crippen molar-refractivity contribution in [2.75, 3.05) is 90.8 Å². The molecule has 2 fully saturated rings. The van der Waals surface area contributed by atoms with Crippen molar-refractivity contribution < 1.29 is 73.2 Å². The number of hydrogen-bond donors (Lipinski definition) is 6. The van der Waals surface area contributed by atoms with Crippen molar-refractivity contribution in [2.45, 2.75) is 87.8 Å². The molecule has 26 heteroatoms.